The maximum atomic E-state index is 10.7. The third-order valence-corrected chi connectivity index (χ3v) is 3.50. The third-order valence-electron chi connectivity index (χ3n) is 3.50. The maximum Gasteiger partial charge on any atom is 0.308 e. The standard InChI is InChI=1S/C14H28O3/c1-4-5-6-7-8-9-10-11(2)13(15)12(3)14(16)17/h11-13,15H,4-10H2,1-3H3,(H,16,17)/t11-,12+,13+/m1/s1. The quantitative estimate of drug-likeness (QED) is 0.579. The number of rotatable bonds is 10. The molecule has 0 rings (SSSR count). The second-order valence-electron chi connectivity index (χ2n) is 5.15. The normalized spacial score (nSPS) is 16.5. The van der Waals surface area contributed by atoms with Crippen LogP contribution in [0.25, 0.3) is 0 Å². The lowest BCUT2D eigenvalue weighted by Gasteiger charge is -2.22. The van der Waals surface area contributed by atoms with Crippen molar-refractivity contribution in [3.8, 4) is 0 Å². The summed E-state index contributed by atoms with van der Waals surface area (Å²) in [6.45, 7) is 5.71. The van der Waals surface area contributed by atoms with E-state index in [1.807, 2.05) is 6.92 Å². The molecule has 0 amide bonds. The molecule has 0 aliphatic heterocycles. The molecule has 0 aliphatic carbocycles. The minimum atomic E-state index is -0.910. The zero-order valence-electron chi connectivity index (χ0n) is 11.5. The molecule has 0 saturated heterocycles. The van der Waals surface area contributed by atoms with Crippen molar-refractivity contribution >= 4 is 5.97 Å². The van der Waals surface area contributed by atoms with Crippen molar-refractivity contribution in [3.63, 3.8) is 0 Å². The van der Waals surface area contributed by atoms with Crippen molar-refractivity contribution in [2.75, 3.05) is 0 Å². The molecule has 0 unspecified atom stereocenters. The first-order valence-corrected chi connectivity index (χ1v) is 6.91. The summed E-state index contributed by atoms with van der Waals surface area (Å²) in [5.74, 6) is -1.50. The number of carbonyl (C=O) groups is 1. The van der Waals surface area contributed by atoms with Crippen LogP contribution in [0.1, 0.15) is 65.7 Å². The Morgan fingerprint density at radius 3 is 2.12 bits per heavy atom. The van der Waals surface area contributed by atoms with Crippen LogP contribution in [-0.2, 0) is 4.79 Å². The van der Waals surface area contributed by atoms with Gasteiger partial charge in [0.1, 0.15) is 0 Å². The molecule has 0 aromatic carbocycles. The smallest absolute Gasteiger partial charge is 0.308 e. The topological polar surface area (TPSA) is 57.5 Å². The van der Waals surface area contributed by atoms with E-state index in [1.54, 1.807) is 6.92 Å². The number of aliphatic carboxylic acids is 1. The van der Waals surface area contributed by atoms with E-state index in [4.69, 9.17) is 5.11 Å². The Morgan fingerprint density at radius 2 is 1.59 bits per heavy atom. The molecule has 0 saturated carbocycles. The van der Waals surface area contributed by atoms with Crippen LogP contribution in [-0.4, -0.2) is 22.3 Å². The summed E-state index contributed by atoms with van der Waals surface area (Å²) in [4.78, 5) is 10.7. The van der Waals surface area contributed by atoms with E-state index in [0.29, 0.717) is 0 Å². The van der Waals surface area contributed by atoms with E-state index < -0.39 is 18.0 Å². The Kier molecular flexibility index (Phi) is 9.14. The van der Waals surface area contributed by atoms with Crippen LogP contribution in [0.15, 0.2) is 0 Å². The molecule has 0 heterocycles. The Bertz CT molecular complexity index is 204. The number of aliphatic hydroxyl groups excluding tert-OH is 1. The molecule has 0 radical (unpaired) electrons. The van der Waals surface area contributed by atoms with Gasteiger partial charge >= 0.3 is 5.97 Å². The average molecular weight is 244 g/mol. The minimum Gasteiger partial charge on any atom is -0.481 e. The summed E-state index contributed by atoms with van der Waals surface area (Å²) in [6.07, 6.45) is 7.59. The fourth-order valence-electron chi connectivity index (χ4n) is 2.06. The van der Waals surface area contributed by atoms with Crippen LogP contribution in [0, 0.1) is 11.8 Å². The molecule has 2 N–H and O–H groups in total. The lowest BCUT2D eigenvalue weighted by atomic mass is 9.89. The molecule has 0 aromatic heterocycles. The van der Waals surface area contributed by atoms with Crippen LogP contribution >= 0.6 is 0 Å². The molecular formula is C14H28O3. The molecule has 0 fully saturated rings. The van der Waals surface area contributed by atoms with Gasteiger partial charge < -0.3 is 10.2 Å². The zero-order chi connectivity index (χ0) is 13.3. The fraction of sp³-hybridized carbons (Fsp3) is 0.929. The lowest BCUT2D eigenvalue weighted by Crippen LogP contribution is -2.31. The van der Waals surface area contributed by atoms with Crippen LogP contribution in [0.3, 0.4) is 0 Å². The van der Waals surface area contributed by atoms with Crippen molar-refractivity contribution in [3.05, 3.63) is 0 Å². The molecule has 3 nitrogen and oxygen atoms in total. The van der Waals surface area contributed by atoms with E-state index in [0.717, 1.165) is 12.8 Å². The Morgan fingerprint density at radius 1 is 1.06 bits per heavy atom. The number of carboxylic acids is 1. The van der Waals surface area contributed by atoms with Crippen molar-refractivity contribution in [1.82, 2.24) is 0 Å². The van der Waals surface area contributed by atoms with Gasteiger partial charge in [-0.3, -0.25) is 4.79 Å². The van der Waals surface area contributed by atoms with Gasteiger partial charge in [0.15, 0.2) is 0 Å². The van der Waals surface area contributed by atoms with Gasteiger partial charge in [0.25, 0.3) is 0 Å². The summed E-state index contributed by atoms with van der Waals surface area (Å²) in [5.41, 5.74) is 0. The largest absolute Gasteiger partial charge is 0.481 e. The second-order valence-corrected chi connectivity index (χ2v) is 5.15. The highest BCUT2D eigenvalue weighted by molar-refractivity contribution is 5.70. The van der Waals surface area contributed by atoms with Crippen LogP contribution in [0.2, 0.25) is 0 Å². The molecule has 102 valence electrons. The summed E-state index contributed by atoms with van der Waals surface area (Å²) in [6, 6.07) is 0. The van der Waals surface area contributed by atoms with Crippen LogP contribution in [0.5, 0.6) is 0 Å². The average Bonchev–Trinajstić information content (AvgIpc) is 2.31. The first kappa shape index (κ1) is 16.4. The van der Waals surface area contributed by atoms with Crippen LogP contribution in [0.4, 0.5) is 0 Å². The number of unbranched alkanes of at least 4 members (excludes halogenated alkanes) is 5. The Hall–Kier alpha value is -0.570. The van der Waals surface area contributed by atoms with Gasteiger partial charge in [0, 0.05) is 0 Å². The summed E-state index contributed by atoms with van der Waals surface area (Å²) < 4.78 is 0. The monoisotopic (exact) mass is 244 g/mol. The number of aliphatic hydroxyl groups is 1. The van der Waals surface area contributed by atoms with Gasteiger partial charge in [-0.05, 0) is 19.3 Å². The molecule has 0 bridgehead atoms. The molecule has 17 heavy (non-hydrogen) atoms. The first-order chi connectivity index (χ1) is 8.00. The Balaban J connectivity index is 3.64. The van der Waals surface area contributed by atoms with E-state index in [9.17, 15) is 9.90 Å². The van der Waals surface area contributed by atoms with Gasteiger partial charge in [-0.2, -0.15) is 0 Å². The van der Waals surface area contributed by atoms with Gasteiger partial charge in [-0.15, -0.1) is 0 Å². The van der Waals surface area contributed by atoms with E-state index >= 15 is 0 Å². The van der Waals surface area contributed by atoms with Gasteiger partial charge in [-0.1, -0.05) is 52.4 Å². The highest BCUT2D eigenvalue weighted by atomic mass is 16.4. The molecular weight excluding hydrogens is 216 g/mol. The van der Waals surface area contributed by atoms with E-state index in [2.05, 4.69) is 6.92 Å². The fourth-order valence-corrected chi connectivity index (χ4v) is 2.06. The van der Waals surface area contributed by atoms with E-state index in [1.165, 1.54) is 32.1 Å². The second kappa shape index (κ2) is 9.46. The molecule has 0 aliphatic rings. The van der Waals surface area contributed by atoms with Crippen molar-refractivity contribution < 1.29 is 15.0 Å². The van der Waals surface area contributed by atoms with Crippen molar-refractivity contribution in [2.24, 2.45) is 11.8 Å². The predicted molar refractivity (Wildman–Crippen MR) is 70.0 cm³/mol. The van der Waals surface area contributed by atoms with Crippen molar-refractivity contribution in [2.45, 2.75) is 71.8 Å². The van der Waals surface area contributed by atoms with Gasteiger partial charge in [0.05, 0.1) is 12.0 Å². The number of carboxylic acid groups (broad SMARTS) is 1. The van der Waals surface area contributed by atoms with Gasteiger partial charge in [-0.25, -0.2) is 0 Å². The minimum absolute atomic E-state index is 0.0762. The lowest BCUT2D eigenvalue weighted by molar-refractivity contribution is -0.146. The SMILES string of the molecule is CCCCCCCC[C@@H](C)[C@H](O)[C@H](C)C(=O)O. The molecule has 0 aromatic rings. The molecule has 3 heteroatoms. The third kappa shape index (κ3) is 7.37. The molecule has 0 spiro atoms. The first-order valence-electron chi connectivity index (χ1n) is 6.91. The highest BCUT2D eigenvalue weighted by Crippen LogP contribution is 2.20. The number of hydrogen-bond donors (Lipinski definition) is 2. The van der Waals surface area contributed by atoms with Crippen molar-refractivity contribution in [1.29, 1.82) is 0 Å². The summed E-state index contributed by atoms with van der Waals surface area (Å²) in [7, 11) is 0. The number of hydrogen-bond acceptors (Lipinski definition) is 2. The highest BCUT2D eigenvalue weighted by Gasteiger charge is 2.25. The van der Waals surface area contributed by atoms with E-state index in [-0.39, 0.29) is 5.92 Å². The van der Waals surface area contributed by atoms with Crippen LogP contribution < -0.4 is 0 Å². The zero-order valence-corrected chi connectivity index (χ0v) is 11.5. The summed E-state index contributed by atoms with van der Waals surface area (Å²) in [5, 5.41) is 18.6. The van der Waals surface area contributed by atoms with Gasteiger partial charge in [0.2, 0.25) is 0 Å². The predicted octanol–water partition coefficient (Wildman–Crippen LogP) is 3.45. The molecule has 3 atom stereocenters. The Labute approximate surface area is 105 Å². The summed E-state index contributed by atoms with van der Waals surface area (Å²) >= 11 is 0. The maximum absolute atomic E-state index is 10.7.